The Bertz CT molecular complexity index is 1020. The van der Waals surface area contributed by atoms with Crippen LogP contribution in [0.2, 0.25) is 0 Å². The predicted molar refractivity (Wildman–Crippen MR) is 110 cm³/mol. The maximum atomic E-state index is 14.0. The molecule has 2 aromatic carbocycles. The summed E-state index contributed by atoms with van der Waals surface area (Å²) in [6.07, 6.45) is -0.0158. The minimum Gasteiger partial charge on any atom is -0.491 e. The molecule has 1 fully saturated rings. The Hall–Kier alpha value is -2.77. The number of nitrogens with zero attached hydrogens (tertiary/aromatic N) is 2. The monoisotopic (exact) mass is 408 g/mol. The third-order valence-corrected chi connectivity index (χ3v) is 6.54. The highest BCUT2D eigenvalue weighted by molar-refractivity contribution is 6.11. The van der Waals surface area contributed by atoms with E-state index in [2.05, 4.69) is 11.9 Å². The minimum atomic E-state index is -0.859. The highest BCUT2D eigenvalue weighted by Gasteiger charge is 2.57. The van der Waals surface area contributed by atoms with Gasteiger partial charge in [0.25, 0.3) is 0 Å². The number of amides is 1. The molecule has 1 saturated heterocycles. The van der Waals surface area contributed by atoms with Crippen LogP contribution in [0.1, 0.15) is 11.1 Å². The molecule has 7 nitrogen and oxygen atoms in total. The molecule has 156 valence electrons. The van der Waals surface area contributed by atoms with Crippen molar-refractivity contribution in [2.75, 3.05) is 58.0 Å². The zero-order chi connectivity index (χ0) is 20.3. The standard InChI is InChI=1S/C23H24N2O5/c1-24-6-7-27-15(12-24)13-25-18-5-3-2-4-16(18)23(22(25)26)14-30-19-11-21-20(10-17(19)23)28-8-9-29-21/h2-5,10-11,15H,6-9,12-14H2,1H3. The van der Waals surface area contributed by atoms with E-state index in [0.717, 1.165) is 29.9 Å². The van der Waals surface area contributed by atoms with Crippen LogP contribution in [0, 0.1) is 0 Å². The first-order chi connectivity index (χ1) is 14.7. The molecular formula is C23H24N2O5. The van der Waals surface area contributed by atoms with Gasteiger partial charge in [0.05, 0.1) is 19.3 Å². The Morgan fingerprint density at radius 1 is 1.00 bits per heavy atom. The average molecular weight is 408 g/mol. The summed E-state index contributed by atoms with van der Waals surface area (Å²) in [5.41, 5.74) is 1.91. The van der Waals surface area contributed by atoms with Crippen LogP contribution in [0.15, 0.2) is 36.4 Å². The highest BCUT2D eigenvalue weighted by atomic mass is 16.6. The number of carbonyl (C=O) groups excluding carboxylic acids is 1. The number of hydrogen-bond acceptors (Lipinski definition) is 6. The summed E-state index contributed by atoms with van der Waals surface area (Å²) in [4.78, 5) is 18.1. The number of benzene rings is 2. The predicted octanol–water partition coefficient (Wildman–Crippen LogP) is 1.81. The van der Waals surface area contributed by atoms with Gasteiger partial charge in [0.2, 0.25) is 5.91 Å². The van der Waals surface area contributed by atoms with Gasteiger partial charge in [-0.05, 0) is 24.7 Å². The lowest BCUT2D eigenvalue weighted by Crippen LogP contribution is -2.49. The summed E-state index contributed by atoms with van der Waals surface area (Å²) in [6.45, 7) is 4.24. The largest absolute Gasteiger partial charge is 0.491 e. The second-order valence-electron chi connectivity index (χ2n) is 8.37. The van der Waals surface area contributed by atoms with Crippen molar-refractivity contribution in [2.24, 2.45) is 0 Å². The molecule has 0 saturated carbocycles. The van der Waals surface area contributed by atoms with Gasteiger partial charge >= 0.3 is 0 Å². The average Bonchev–Trinajstić information content (AvgIpc) is 3.25. The zero-order valence-electron chi connectivity index (χ0n) is 16.9. The number of rotatable bonds is 2. The smallest absolute Gasteiger partial charge is 0.245 e. The van der Waals surface area contributed by atoms with Crippen molar-refractivity contribution in [1.29, 1.82) is 0 Å². The Morgan fingerprint density at radius 3 is 2.63 bits per heavy atom. The summed E-state index contributed by atoms with van der Waals surface area (Å²) in [5, 5.41) is 0. The van der Waals surface area contributed by atoms with Crippen molar-refractivity contribution in [3.63, 3.8) is 0 Å². The van der Waals surface area contributed by atoms with Crippen LogP contribution in [0.4, 0.5) is 5.69 Å². The molecule has 4 aliphatic rings. The topological polar surface area (TPSA) is 60.5 Å². The molecule has 4 heterocycles. The Morgan fingerprint density at radius 2 is 1.80 bits per heavy atom. The molecule has 4 aliphatic heterocycles. The number of carbonyl (C=O) groups is 1. The zero-order valence-corrected chi connectivity index (χ0v) is 16.9. The number of anilines is 1. The summed E-state index contributed by atoms with van der Waals surface area (Å²) in [7, 11) is 2.09. The molecule has 1 spiro atoms. The van der Waals surface area contributed by atoms with Gasteiger partial charge in [0.15, 0.2) is 11.5 Å². The van der Waals surface area contributed by atoms with Gasteiger partial charge in [-0.2, -0.15) is 0 Å². The fourth-order valence-corrected chi connectivity index (χ4v) is 5.07. The second kappa shape index (κ2) is 6.62. The van der Waals surface area contributed by atoms with Gasteiger partial charge in [-0.3, -0.25) is 4.79 Å². The molecule has 0 N–H and O–H groups in total. The van der Waals surface area contributed by atoms with Crippen molar-refractivity contribution >= 4 is 11.6 Å². The molecule has 30 heavy (non-hydrogen) atoms. The van der Waals surface area contributed by atoms with Crippen LogP contribution in [0.25, 0.3) is 0 Å². The van der Waals surface area contributed by atoms with E-state index >= 15 is 0 Å². The van der Waals surface area contributed by atoms with Crippen LogP contribution in [0.3, 0.4) is 0 Å². The lowest BCUT2D eigenvalue weighted by molar-refractivity contribution is -0.122. The maximum absolute atomic E-state index is 14.0. The van der Waals surface area contributed by atoms with Crippen molar-refractivity contribution in [3.05, 3.63) is 47.5 Å². The molecule has 2 unspecified atom stereocenters. The van der Waals surface area contributed by atoms with E-state index in [1.54, 1.807) is 0 Å². The van der Waals surface area contributed by atoms with Crippen molar-refractivity contribution < 1.29 is 23.7 Å². The second-order valence-corrected chi connectivity index (χ2v) is 8.37. The SMILES string of the molecule is CN1CCOC(CN2C(=O)C3(COc4cc5c(cc43)OCCO5)c3ccccc32)C1. The van der Waals surface area contributed by atoms with Gasteiger partial charge in [-0.15, -0.1) is 0 Å². The first-order valence-electron chi connectivity index (χ1n) is 10.5. The lowest BCUT2D eigenvalue weighted by Gasteiger charge is -2.33. The quantitative estimate of drug-likeness (QED) is 0.756. The third-order valence-electron chi connectivity index (χ3n) is 6.54. The van der Waals surface area contributed by atoms with Crippen LogP contribution >= 0.6 is 0 Å². The van der Waals surface area contributed by atoms with Gasteiger partial charge in [0, 0.05) is 30.4 Å². The normalized spacial score (nSPS) is 27.2. The summed E-state index contributed by atoms with van der Waals surface area (Å²) >= 11 is 0. The summed E-state index contributed by atoms with van der Waals surface area (Å²) < 4.78 is 23.5. The van der Waals surface area contributed by atoms with Crippen LogP contribution in [-0.2, 0) is 14.9 Å². The van der Waals surface area contributed by atoms with Gasteiger partial charge < -0.3 is 28.7 Å². The molecule has 2 aromatic rings. The Balaban J connectivity index is 1.43. The molecule has 7 heteroatoms. The molecule has 6 rings (SSSR count). The molecule has 0 bridgehead atoms. The third kappa shape index (κ3) is 2.48. The van der Waals surface area contributed by atoms with Crippen LogP contribution < -0.4 is 19.1 Å². The van der Waals surface area contributed by atoms with Gasteiger partial charge in [-0.25, -0.2) is 0 Å². The summed E-state index contributed by atoms with van der Waals surface area (Å²) in [5.74, 6) is 2.07. The van der Waals surface area contributed by atoms with E-state index in [-0.39, 0.29) is 18.6 Å². The van der Waals surface area contributed by atoms with Crippen molar-refractivity contribution in [3.8, 4) is 17.2 Å². The van der Waals surface area contributed by atoms with Crippen molar-refractivity contribution in [1.82, 2.24) is 4.90 Å². The number of likely N-dealkylation sites (N-methyl/N-ethyl adjacent to an activating group) is 1. The number of morpholine rings is 1. The molecule has 0 aliphatic carbocycles. The molecule has 0 aromatic heterocycles. The fourth-order valence-electron chi connectivity index (χ4n) is 5.07. The van der Waals surface area contributed by atoms with E-state index in [1.165, 1.54) is 0 Å². The first-order valence-corrected chi connectivity index (χ1v) is 10.5. The molecule has 2 atom stereocenters. The van der Waals surface area contributed by atoms with E-state index < -0.39 is 5.41 Å². The van der Waals surface area contributed by atoms with Gasteiger partial charge in [-0.1, -0.05) is 18.2 Å². The minimum absolute atomic E-state index is 0.0158. The highest BCUT2D eigenvalue weighted by Crippen LogP contribution is 2.54. The van der Waals surface area contributed by atoms with E-state index in [1.807, 2.05) is 41.3 Å². The number of hydrogen-bond donors (Lipinski definition) is 0. The number of para-hydroxylation sites is 1. The lowest BCUT2D eigenvalue weighted by atomic mass is 9.77. The fraction of sp³-hybridized carbons (Fsp3) is 0.435. The maximum Gasteiger partial charge on any atom is 0.245 e. The van der Waals surface area contributed by atoms with Crippen molar-refractivity contribution in [2.45, 2.75) is 11.5 Å². The van der Waals surface area contributed by atoms with Crippen LogP contribution in [0.5, 0.6) is 17.2 Å². The number of ether oxygens (including phenoxy) is 4. The van der Waals surface area contributed by atoms with E-state index in [0.29, 0.717) is 43.6 Å². The van der Waals surface area contributed by atoms with Gasteiger partial charge in [0.1, 0.15) is 31.0 Å². The molecular weight excluding hydrogens is 384 g/mol. The Kier molecular flexibility index (Phi) is 3.98. The van der Waals surface area contributed by atoms with E-state index in [9.17, 15) is 4.79 Å². The Labute approximate surface area is 175 Å². The molecule has 1 amide bonds. The summed E-state index contributed by atoms with van der Waals surface area (Å²) in [6, 6.07) is 11.8. The van der Waals surface area contributed by atoms with Crippen LogP contribution in [-0.4, -0.2) is 70.0 Å². The first kappa shape index (κ1) is 18.0. The number of fused-ring (bicyclic) bond motifs is 5. The van der Waals surface area contributed by atoms with E-state index in [4.69, 9.17) is 18.9 Å². The molecule has 0 radical (unpaired) electrons.